The third kappa shape index (κ3) is 9.81. The molecule has 2 rings (SSSR count). The van der Waals surface area contributed by atoms with Crippen molar-refractivity contribution in [1.29, 1.82) is 0 Å². The fourth-order valence-electron chi connectivity index (χ4n) is 5.96. The van der Waals surface area contributed by atoms with Crippen molar-refractivity contribution in [3.63, 3.8) is 0 Å². The average molecular weight is 659 g/mol. The van der Waals surface area contributed by atoms with E-state index in [1.165, 1.54) is 35.5 Å². The van der Waals surface area contributed by atoms with Crippen LogP contribution in [-0.2, 0) is 75.8 Å². The molecular formula is C29H54O16. The molecule has 2 aliphatic rings. The fraction of sp³-hybridized carbons (Fsp3) is 0.966. The van der Waals surface area contributed by atoms with Crippen molar-refractivity contribution >= 4 is 6.29 Å². The first kappa shape index (κ1) is 40.2. The fourth-order valence-corrected chi connectivity index (χ4v) is 5.96. The molecule has 45 heavy (non-hydrogen) atoms. The van der Waals surface area contributed by atoms with Gasteiger partial charge in [0.2, 0.25) is 0 Å². The van der Waals surface area contributed by atoms with Gasteiger partial charge in [-0.25, -0.2) is 0 Å². The summed E-state index contributed by atoms with van der Waals surface area (Å²) in [6.45, 7) is 0.222. The Labute approximate surface area is 266 Å². The van der Waals surface area contributed by atoms with Crippen LogP contribution in [0.5, 0.6) is 0 Å². The summed E-state index contributed by atoms with van der Waals surface area (Å²) in [7, 11) is 16.7. The summed E-state index contributed by atoms with van der Waals surface area (Å²) in [6, 6.07) is 0. The van der Waals surface area contributed by atoms with Crippen molar-refractivity contribution < 1.29 is 75.8 Å². The highest BCUT2D eigenvalue weighted by atomic mass is 16.8. The second kappa shape index (κ2) is 21.1. The van der Waals surface area contributed by atoms with E-state index in [0.717, 1.165) is 0 Å². The molecule has 0 aromatic heterocycles. The van der Waals surface area contributed by atoms with E-state index in [1.807, 2.05) is 0 Å². The predicted molar refractivity (Wildman–Crippen MR) is 155 cm³/mol. The Morgan fingerprint density at radius 2 is 1.00 bits per heavy atom. The van der Waals surface area contributed by atoms with Gasteiger partial charge in [-0.1, -0.05) is 0 Å². The van der Waals surface area contributed by atoms with Gasteiger partial charge in [0.15, 0.2) is 18.9 Å². The summed E-state index contributed by atoms with van der Waals surface area (Å²) in [5, 5.41) is 0. The zero-order valence-electron chi connectivity index (χ0n) is 28.3. The molecule has 14 atom stereocenters. The summed E-state index contributed by atoms with van der Waals surface area (Å²) in [4.78, 5) is 11.6. The van der Waals surface area contributed by atoms with Crippen LogP contribution in [0.2, 0.25) is 0 Å². The van der Waals surface area contributed by atoms with Crippen LogP contribution in [0.15, 0.2) is 0 Å². The van der Waals surface area contributed by atoms with Crippen molar-refractivity contribution in [2.45, 2.75) is 85.8 Å². The molecule has 2 fully saturated rings. The highest BCUT2D eigenvalue weighted by molar-refractivity contribution is 5.57. The van der Waals surface area contributed by atoms with Gasteiger partial charge in [0, 0.05) is 78.2 Å². The van der Waals surface area contributed by atoms with Crippen LogP contribution in [0, 0.1) is 0 Å². The lowest BCUT2D eigenvalue weighted by atomic mass is 9.97. The molecule has 0 aromatic rings. The van der Waals surface area contributed by atoms with Crippen LogP contribution in [0.4, 0.5) is 0 Å². The molecule has 0 saturated carbocycles. The van der Waals surface area contributed by atoms with Crippen LogP contribution in [0.3, 0.4) is 0 Å². The van der Waals surface area contributed by atoms with E-state index in [1.54, 1.807) is 42.7 Å². The zero-order chi connectivity index (χ0) is 33.5. The summed E-state index contributed by atoms with van der Waals surface area (Å²) in [6.07, 6.45) is -8.93. The minimum absolute atomic E-state index is 0.00196. The largest absolute Gasteiger partial charge is 0.382 e. The molecule has 0 aromatic carbocycles. The van der Waals surface area contributed by atoms with E-state index >= 15 is 0 Å². The van der Waals surface area contributed by atoms with Crippen molar-refractivity contribution in [1.82, 2.24) is 0 Å². The van der Waals surface area contributed by atoms with E-state index in [9.17, 15) is 4.79 Å². The first-order valence-electron chi connectivity index (χ1n) is 14.6. The highest BCUT2D eigenvalue weighted by Gasteiger charge is 2.51. The van der Waals surface area contributed by atoms with Gasteiger partial charge in [0.05, 0.1) is 19.8 Å². The van der Waals surface area contributed by atoms with E-state index in [2.05, 4.69) is 0 Å². The van der Waals surface area contributed by atoms with Gasteiger partial charge >= 0.3 is 0 Å². The van der Waals surface area contributed by atoms with Gasteiger partial charge in [-0.15, -0.1) is 0 Å². The summed E-state index contributed by atoms with van der Waals surface area (Å²) in [5.74, 6) is 0. The molecule has 0 N–H and O–H groups in total. The van der Waals surface area contributed by atoms with Crippen LogP contribution < -0.4 is 0 Å². The van der Waals surface area contributed by atoms with Gasteiger partial charge in [0.1, 0.15) is 73.2 Å². The van der Waals surface area contributed by atoms with Gasteiger partial charge in [-0.3, -0.25) is 0 Å². The molecule has 0 radical (unpaired) electrons. The van der Waals surface area contributed by atoms with Crippen LogP contribution in [0.1, 0.15) is 0 Å². The Balaban J connectivity index is 2.26. The molecule has 0 aliphatic carbocycles. The molecule has 0 spiro atoms. The zero-order valence-corrected chi connectivity index (χ0v) is 28.3. The molecule has 266 valence electrons. The van der Waals surface area contributed by atoms with Crippen molar-refractivity contribution in [3.05, 3.63) is 0 Å². The second-order valence-corrected chi connectivity index (χ2v) is 10.4. The molecule has 2 saturated heterocycles. The second-order valence-electron chi connectivity index (χ2n) is 10.4. The Morgan fingerprint density at radius 3 is 1.38 bits per heavy atom. The lowest BCUT2D eigenvalue weighted by Crippen LogP contribution is -2.63. The summed E-state index contributed by atoms with van der Waals surface area (Å²) in [5.41, 5.74) is 0. The van der Waals surface area contributed by atoms with Gasteiger partial charge in [-0.05, 0) is 0 Å². The predicted octanol–water partition coefficient (Wildman–Crippen LogP) is -0.535. The number of carbonyl (C=O) groups is 1. The number of methoxy groups -OCH3 is 11. The van der Waals surface area contributed by atoms with Gasteiger partial charge < -0.3 is 75.8 Å². The van der Waals surface area contributed by atoms with E-state index in [0.29, 0.717) is 6.29 Å². The third-order valence-electron chi connectivity index (χ3n) is 8.26. The van der Waals surface area contributed by atoms with Crippen LogP contribution >= 0.6 is 0 Å². The molecule has 2 aliphatic heterocycles. The molecule has 0 amide bonds. The quantitative estimate of drug-likeness (QED) is 0.137. The van der Waals surface area contributed by atoms with Crippen molar-refractivity contribution in [2.75, 3.05) is 98.0 Å². The number of hydrogen-bond acceptors (Lipinski definition) is 16. The number of hydrogen-bond donors (Lipinski definition) is 0. The standard InChI is InChI=1S/C29H54O16/c1-31-13-18-22(36-6)24(38-8)26(40-10)29(44-18)43-15-19-23(37-7)25(39-9)27(41-11)28(45-19)42-14-17(33-3)21(35-5)20(34-4)16(12-30)32-2/h12,16-29H,13-15H2,1-11H3. The molecule has 16 heteroatoms. The summed E-state index contributed by atoms with van der Waals surface area (Å²) >= 11 is 0. The van der Waals surface area contributed by atoms with Crippen LogP contribution in [-0.4, -0.2) is 190 Å². The maximum atomic E-state index is 11.6. The van der Waals surface area contributed by atoms with Crippen molar-refractivity contribution in [3.8, 4) is 0 Å². The Hall–Kier alpha value is -0.930. The smallest absolute Gasteiger partial charge is 0.187 e. The van der Waals surface area contributed by atoms with E-state index < -0.39 is 85.8 Å². The Kier molecular flexibility index (Phi) is 18.9. The molecular weight excluding hydrogens is 604 g/mol. The molecule has 16 nitrogen and oxygen atoms in total. The minimum atomic E-state index is -0.947. The monoisotopic (exact) mass is 658 g/mol. The normalized spacial score (nSPS) is 35.1. The third-order valence-corrected chi connectivity index (χ3v) is 8.26. The Morgan fingerprint density at radius 1 is 0.533 bits per heavy atom. The molecule has 14 unspecified atom stereocenters. The van der Waals surface area contributed by atoms with E-state index in [-0.39, 0.29) is 19.8 Å². The first-order valence-corrected chi connectivity index (χ1v) is 14.6. The van der Waals surface area contributed by atoms with Gasteiger partial charge in [0.25, 0.3) is 0 Å². The highest BCUT2D eigenvalue weighted by Crippen LogP contribution is 2.32. The number of aldehydes is 1. The molecule has 0 bridgehead atoms. The molecule has 2 heterocycles. The minimum Gasteiger partial charge on any atom is -0.382 e. The Bertz CT molecular complexity index is 793. The van der Waals surface area contributed by atoms with Gasteiger partial charge in [-0.2, -0.15) is 0 Å². The topological polar surface area (TPSA) is 156 Å². The average Bonchev–Trinajstić information content (AvgIpc) is 3.07. The lowest BCUT2D eigenvalue weighted by Gasteiger charge is -2.47. The maximum Gasteiger partial charge on any atom is 0.187 e. The first-order chi connectivity index (χ1) is 21.8. The number of ether oxygens (including phenoxy) is 15. The van der Waals surface area contributed by atoms with E-state index in [4.69, 9.17) is 71.1 Å². The maximum absolute atomic E-state index is 11.6. The van der Waals surface area contributed by atoms with Crippen molar-refractivity contribution in [2.24, 2.45) is 0 Å². The number of carbonyl (C=O) groups excluding carboxylic acids is 1. The van der Waals surface area contributed by atoms with Crippen LogP contribution in [0.25, 0.3) is 0 Å². The lowest BCUT2D eigenvalue weighted by molar-refractivity contribution is -0.343. The summed E-state index contributed by atoms with van der Waals surface area (Å²) < 4.78 is 87.1. The number of rotatable bonds is 22. The SMILES string of the molecule is COCC1OC(OCC2OC(OCC(OC)C(OC)C(OC)C(C=O)OC)C(OC)C(OC)C2OC)C(OC)C(OC)C1OC.